The summed E-state index contributed by atoms with van der Waals surface area (Å²) in [6.07, 6.45) is 0. The van der Waals surface area contributed by atoms with E-state index in [9.17, 15) is 18.0 Å². The fraction of sp³-hybridized carbons (Fsp3) is 0.310. The second-order valence-corrected chi connectivity index (χ2v) is 12.4. The summed E-state index contributed by atoms with van der Waals surface area (Å²) in [7, 11) is -4.17. The van der Waals surface area contributed by atoms with Crippen LogP contribution in [0.25, 0.3) is 0 Å². The molecule has 9 nitrogen and oxygen atoms in total. The summed E-state index contributed by atoms with van der Waals surface area (Å²) in [4.78, 5) is 28.4. The molecule has 1 N–H and O–H groups in total. The van der Waals surface area contributed by atoms with Crippen molar-refractivity contribution < 1.29 is 27.5 Å². The lowest BCUT2D eigenvalue weighted by atomic mass is 10.1. The Kier molecular flexibility index (Phi) is 9.36. The molecule has 3 aromatic carbocycles. The number of sulfonamides is 1. The Morgan fingerprint density at radius 3 is 2.30 bits per heavy atom. The molecule has 0 aliphatic carbocycles. The van der Waals surface area contributed by atoms with E-state index in [0.717, 1.165) is 14.3 Å². The average Bonchev–Trinajstić information content (AvgIpc) is 2.94. The Morgan fingerprint density at radius 2 is 1.62 bits per heavy atom. The van der Waals surface area contributed by atoms with Crippen LogP contribution >= 0.6 is 15.9 Å². The standard InChI is InChI=1S/C29H32BrN3O6S/c1-20(2)31-29(35)21(3)32(18-22-8-7-9-23(30)16-22)28(34)19-33(40(36,37)25-10-5-4-6-11-25)24-12-13-26-27(17-24)39-15-14-38-26/h4-13,16-17,20-21H,14-15,18-19H2,1-3H3,(H,31,35)/t21-/m1/s1. The number of hydrogen-bond donors (Lipinski definition) is 1. The number of rotatable bonds is 10. The fourth-order valence-corrected chi connectivity index (χ4v) is 6.13. The summed E-state index contributed by atoms with van der Waals surface area (Å²) in [5.41, 5.74) is 1.02. The molecule has 0 saturated heterocycles. The first-order valence-electron chi connectivity index (χ1n) is 12.9. The normalized spacial score (nSPS) is 13.4. The molecule has 1 aliphatic rings. The van der Waals surface area contributed by atoms with Crippen LogP contribution < -0.4 is 19.1 Å². The number of amides is 2. The van der Waals surface area contributed by atoms with Crippen LogP contribution in [0.3, 0.4) is 0 Å². The monoisotopic (exact) mass is 629 g/mol. The van der Waals surface area contributed by atoms with E-state index < -0.39 is 28.5 Å². The molecule has 0 unspecified atom stereocenters. The van der Waals surface area contributed by atoms with E-state index >= 15 is 0 Å². The van der Waals surface area contributed by atoms with Gasteiger partial charge in [-0.1, -0.05) is 46.3 Å². The number of ether oxygens (including phenoxy) is 2. The van der Waals surface area contributed by atoms with Crippen molar-refractivity contribution in [2.45, 2.75) is 44.3 Å². The minimum absolute atomic E-state index is 0.0295. The van der Waals surface area contributed by atoms with Crippen LogP contribution in [0.1, 0.15) is 26.3 Å². The number of carbonyl (C=O) groups excluding carboxylic acids is 2. The van der Waals surface area contributed by atoms with Crippen LogP contribution in [0.15, 0.2) is 82.2 Å². The Balaban J connectivity index is 1.73. The quantitative estimate of drug-likeness (QED) is 0.357. The zero-order valence-corrected chi connectivity index (χ0v) is 24.9. The number of nitrogens with one attached hydrogen (secondary N) is 1. The van der Waals surface area contributed by atoms with Crippen LogP contribution in [0.4, 0.5) is 5.69 Å². The number of fused-ring (bicyclic) bond motifs is 1. The summed E-state index contributed by atoms with van der Waals surface area (Å²) < 4.78 is 41.0. The smallest absolute Gasteiger partial charge is 0.264 e. The van der Waals surface area contributed by atoms with Gasteiger partial charge in [-0.3, -0.25) is 13.9 Å². The maximum Gasteiger partial charge on any atom is 0.264 e. The van der Waals surface area contributed by atoms with Crippen LogP contribution in [-0.2, 0) is 26.2 Å². The number of nitrogens with zero attached hydrogens (tertiary/aromatic N) is 2. The third kappa shape index (κ3) is 6.95. The molecule has 2 amide bonds. The van der Waals surface area contributed by atoms with Crippen molar-refractivity contribution in [3.05, 3.63) is 82.8 Å². The first-order chi connectivity index (χ1) is 19.1. The maximum atomic E-state index is 14.0. The highest BCUT2D eigenvalue weighted by Gasteiger charge is 2.33. The van der Waals surface area contributed by atoms with Gasteiger partial charge < -0.3 is 19.7 Å². The molecular formula is C29H32BrN3O6S. The topological polar surface area (TPSA) is 105 Å². The summed E-state index contributed by atoms with van der Waals surface area (Å²) in [6, 6.07) is 19.1. The summed E-state index contributed by atoms with van der Waals surface area (Å²) in [5.74, 6) is 0.00435. The lowest BCUT2D eigenvalue weighted by Gasteiger charge is -2.32. The molecule has 1 atom stereocenters. The molecule has 0 spiro atoms. The lowest BCUT2D eigenvalue weighted by Crippen LogP contribution is -2.52. The second-order valence-electron chi connectivity index (χ2n) is 9.64. The zero-order chi connectivity index (χ0) is 28.9. The Morgan fingerprint density at radius 1 is 0.925 bits per heavy atom. The van der Waals surface area contributed by atoms with E-state index in [1.807, 2.05) is 38.1 Å². The molecule has 11 heteroatoms. The van der Waals surface area contributed by atoms with Gasteiger partial charge in [-0.25, -0.2) is 8.42 Å². The molecule has 212 valence electrons. The summed E-state index contributed by atoms with van der Waals surface area (Å²) in [5, 5.41) is 2.85. The van der Waals surface area contributed by atoms with Crippen molar-refractivity contribution in [1.29, 1.82) is 0 Å². The summed E-state index contributed by atoms with van der Waals surface area (Å²) >= 11 is 3.45. The fourth-order valence-electron chi connectivity index (χ4n) is 4.26. The van der Waals surface area contributed by atoms with E-state index in [1.165, 1.54) is 17.0 Å². The van der Waals surface area contributed by atoms with Gasteiger partial charge in [0.05, 0.1) is 10.6 Å². The van der Waals surface area contributed by atoms with Crippen molar-refractivity contribution >= 4 is 43.5 Å². The van der Waals surface area contributed by atoms with Gasteiger partial charge in [0.1, 0.15) is 25.8 Å². The van der Waals surface area contributed by atoms with E-state index in [0.29, 0.717) is 24.7 Å². The number of benzene rings is 3. The van der Waals surface area contributed by atoms with Crippen molar-refractivity contribution in [2.24, 2.45) is 0 Å². The molecular weight excluding hydrogens is 598 g/mol. The molecule has 0 radical (unpaired) electrons. The van der Waals surface area contributed by atoms with Crippen LogP contribution in [0.5, 0.6) is 11.5 Å². The van der Waals surface area contributed by atoms with E-state index in [1.54, 1.807) is 43.3 Å². The van der Waals surface area contributed by atoms with Crippen molar-refractivity contribution in [2.75, 3.05) is 24.1 Å². The third-order valence-electron chi connectivity index (χ3n) is 6.26. The second kappa shape index (κ2) is 12.7. The first-order valence-corrected chi connectivity index (χ1v) is 15.1. The first kappa shape index (κ1) is 29.4. The van der Waals surface area contributed by atoms with Crippen molar-refractivity contribution in [1.82, 2.24) is 10.2 Å². The molecule has 4 rings (SSSR count). The third-order valence-corrected chi connectivity index (χ3v) is 8.55. The Labute approximate surface area is 243 Å². The molecule has 3 aromatic rings. The highest BCUT2D eigenvalue weighted by Crippen LogP contribution is 2.36. The summed E-state index contributed by atoms with van der Waals surface area (Å²) in [6.45, 7) is 5.58. The average molecular weight is 631 g/mol. The van der Waals surface area contributed by atoms with Crippen LogP contribution in [0.2, 0.25) is 0 Å². The van der Waals surface area contributed by atoms with E-state index in [-0.39, 0.29) is 29.1 Å². The van der Waals surface area contributed by atoms with Gasteiger partial charge in [0, 0.05) is 23.1 Å². The predicted molar refractivity (Wildman–Crippen MR) is 156 cm³/mol. The lowest BCUT2D eigenvalue weighted by molar-refractivity contribution is -0.139. The molecule has 0 aromatic heterocycles. The highest BCUT2D eigenvalue weighted by atomic mass is 79.9. The van der Waals surface area contributed by atoms with Gasteiger partial charge in [-0.05, 0) is 62.7 Å². The Bertz CT molecular complexity index is 1470. The predicted octanol–water partition coefficient (Wildman–Crippen LogP) is 4.36. The maximum absolute atomic E-state index is 14.0. The van der Waals surface area contributed by atoms with E-state index in [4.69, 9.17) is 9.47 Å². The van der Waals surface area contributed by atoms with Crippen molar-refractivity contribution in [3.63, 3.8) is 0 Å². The highest BCUT2D eigenvalue weighted by molar-refractivity contribution is 9.10. The number of halogens is 1. The molecule has 1 aliphatic heterocycles. The van der Waals surface area contributed by atoms with Crippen LogP contribution in [-0.4, -0.2) is 57.0 Å². The van der Waals surface area contributed by atoms with E-state index in [2.05, 4.69) is 21.2 Å². The van der Waals surface area contributed by atoms with Gasteiger partial charge in [-0.2, -0.15) is 0 Å². The Hall–Kier alpha value is -3.57. The molecule has 0 saturated carbocycles. The largest absolute Gasteiger partial charge is 0.486 e. The van der Waals surface area contributed by atoms with Gasteiger partial charge in [0.2, 0.25) is 11.8 Å². The minimum Gasteiger partial charge on any atom is -0.486 e. The molecule has 1 heterocycles. The van der Waals surface area contributed by atoms with Gasteiger partial charge in [0.25, 0.3) is 10.0 Å². The van der Waals surface area contributed by atoms with Gasteiger partial charge in [-0.15, -0.1) is 0 Å². The number of carbonyl (C=O) groups is 2. The number of hydrogen-bond acceptors (Lipinski definition) is 6. The zero-order valence-electron chi connectivity index (χ0n) is 22.5. The minimum atomic E-state index is -4.17. The van der Waals surface area contributed by atoms with Crippen LogP contribution in [0, 0.1) is 0 Å². The van der Waals surface area contributed by atoms with Crippen molar-refractivity contribution in [3.8, 4) is 11.5 Å². The van der Waals surface area contributed by atoms with Gasteiger partial charge >= 0.3 is 0 Å². The van der Waals surface area contributed by atoms with Gasteiger partial charge in [0.15, 0.2) is 11.5 Å². The molecule has 40 heavy (non-hydrogen) atoms. The molecule has 0 bridgehead atoms. The molecule has 0 fully saturated rings. The SMILES string of the molecule is CC(C)NC(=O)[C@@H](C)N(Cc1cccc(Br)c1)C(=O)CN(c1ccc2c(c1)OCCO2)S(=O)(=O)c1ccccc1. The number of anilines is 1.